The minimum absolute atomic E-state index is 0.265. The van der Waals surface area contributed by atoms with E-state index in [-0.39, 0.29) is 5.97 Å². The highest BCUT2D eigenvalue weighted by Gasteiger charge is 2.55. The van der Waals surface area contributed by atoms with Crippen molar-refractivity contribution >= 4 is 17.7 Å². The summed E-state index contributed by atoms with van der Waals surface area (Å²) in [6.07, 6.45) is -0.541. The molecule has 2 N–H and O–H groups in total. The smallest absolute Gasteiger partial charge is 0.338 e. The van der Waals surface area contributed by atoms with Gasteiger partial charge in [0, 0.05) is 31.2 Å². The number of halogens is 1. The first-order valence-electron chi connectivity index (χ1n) is 7.66. The molecule has 22 heavy (non-hydrogen) atoms. The molecule has 5 nitrogen and oxygen atoms in total. The lowest BCUT2D eigenvalue weighted by Gasteiger charge is -2.24. The van der Waals surface area contributed by atoms with E-state index in [1.54, 1.807) is 6.07 Å². The van der Waals surface area contributed by atoms with Crippen LogP contribution in [0.3, 0.4) is 0 Å². The van der Waals surface area contributed by atoms with Crippen LogP contribution in [0.4, 0.5) is 0 Å². The Morgan fingerprint density at radius 2 is 2.18 bits per heavy atom. The number of carbonyl (C=O) groups excluding carboxylic acids is 1. The average Bonchev–Trinajstić information content (AvgIpc) is 2.83. The van der Waals surface area contributed by atoms with Crippen LogP contribution < -0.4 is 4.84 Å². The highest BCUT2D eigenvalue weighted by atomic mass is 35.5. The minimum atomic E-state index is -0.541. The Balaban J connectivity index is 1.46. The van der Waals surface area contributed by atoms with Crippen LogP contribution in [0.2, 0.25) is 0 Å². The summed E-state index contributed by atoms with van der Waals surface area (Å²) in [6, 6.07) is 4.07. The Morgan fingerprint density at radius 1 is 1.45 bits per heavy atom. The zero-order valence-corrected chi connectivity index (χ0v) is 13.1. The Bertz CT molecular complexity index is 624. The minimum Gasteiger partial charge on any atom is -0.457 e. The molecule has 2 aliphatic heterocycles. The lowest BCUT2D eigenvalue weighted by molar-refractivity contribution is 0.0535. The summed E-state index contributed by atoms with van der Waals surface area (Å²) in [4.78, 5) is 16.7. The predicted molar refractivity (Wildman–Crippen MR) is 81.5 cm³/mol. The highest BCUT2D eigenvalue weighted by molar-refractivity contribution is 6.13. The first-order chi connectivity index (χ1) is 10.6. The molecule has 4 rings (SSSR count). The Morgan fingerprint density at radius 3 is 2.86 bits per heavy atom. The topological polar surface area (TPSA) is 61.8 Å². The molecule has 2 fully saturated rings. The van der Waals surface area contributed by atoms with Gasteiger partial charge in [0.15, 0.2) is 0 Å². The lowest BCUT2D eigenvalue weighted by atomic mass is 9.95. The number of aliphatic hydroxyl groups excluding tert-OH is 1. The summed E-state index contributed by atoms with van der Waals surface area (Å²) in [5, 5.41) is 10.6. The van der Waals surface area contributed by atoms with Gasteiger partial charge in [0.2, 0.25) is 0 Å². The van der Waals surface area contributed by atoms with E-state index in [2.05, 4.69) is 9.74 Å². The summed E-state index contributed by atoms with van der Waals surface area (Å²) < 4.78 is 5.07. The van der Waals surface area contributed by atoms with Gasteiger partial charge in [0.05, 0.1) is 11.7 Å². The molecule has 1 aliphatic carbocycles. The number of hydrogen-bond acceptors (Lipinski definition) is 5. The van der Waals surface area contributed by atoms with Crippen LogP contribution in [0.15, 0.2) is 12.1 Å². The van der Waals surface area contributed by atoms with E-state index in [0.29, 0.717) is 36.6 Å². The van der Waals surface area contributed by atoms with Crippen molar-refractivity contribution in [1.82, 2.24) is 9.74 Å². The normalized spacial score (nSPS) is 30.9. The van der Waals surface area contributed by atoms with Crippen molar-refractivity contribution in [2.75, 3.05) is 19.6 Å². The van der Waals surface area contributed by atoms with Crippen LogP contribution in [0.5, 0.6) is 0 Å². The van der Waals surface area contributed by atoms with E-state index >= 15 is 0 Å². The highest BCUT2D eigenvalue weighted by Crippen LogP contribution is 2.46. The van der Waals surface area contributed by atoms with Gasteiger partial charge < -0.3 is 9.84 Å². The molecule has 118 valence electrons. The van der Waals surface area contributed by atoms with Gasteiger partial charge in [-0.3, -0.25) is 4.90 Å². The number of β-amino-alcohol motifs (C(OH)–C–C–N with tert-alkyl or cyclic N) is 1. The largest absolute Gasteiger partial charge is 0.457 e. The molecule has 6 heteroatoms. The third kappa shape index (κ3) is 2.15. The van der Waals surface area contributed by atoms with E-state index in [9.17, 15) is 9.90 Å². The SMILES string of the molecule is Cc1c([C@@H](O)CN2CC3C(C2)C3NCl)ccc2c1COC2=O. The van der Waals surface area contributed by atoms with Crippen molar-refractivity contribution in [3.8, 4) is 0 Å². The quantitative estimate of drug-likeness (QED) is 0.647. The summed E-state index contributed by atoms with van der Waals surface area (Å²) in [6.45, 7) is 4.86. The van der Waals surface area contributed by atoms with E-state index in [1.807, 2.05) is 13.0 Å². The Kier molecular flexibility index (Phi) is 3.42. The Labute approximate surface area is 134 Å². The number of cyclic esters (lactones) is 1. The average molecular weight is 323 g/mol. The van der Waals surface area contributed by atoms with Gasteiger partial charge in [0.25, 0.3) is 0 Å². The van der Waals surface area contributed by atoms with Crippen molar-refractivity contribution < 1.29 is 14.6 Å². The van der Waals surface area contributed by atoms with Gasteiger partial charge in [-0.15, -0.1) is 0 Å². The van der Waals surface area contributed by atoms with Gasteiger partial charge in [-0.1, -0.05) is 6.07 Å². The molecule has 0 radical (unpaired) electrons. The van der Waals surface area contributed by atoms with Gasteiger partial charge in [-0.05, 0) is 47.7 Å². The number of nitrogens with one attached hydrogen (secondary N) is 1. The molecule has 0 aromatic heterocycles. The fourth-order valence-electron chi connectivity index (χ4n) is 4.00. The van der Waals surface area contributed by atoms with Crippen LogP contribution in [0.1, 0.15) is 33.2 Å². The first-order valence-corrected chi connectivity index (χ1v) is 8.04. The number of carbonyl (C=O) groups is 1. The number of nitrogens with zero attached hydrogens (tertiary/aromatic N) is 1. The number of ether oxygens (including phenoxy) is 1. The summed E-state index contributed by atoms with van der Waals surface area (Å²) in [5.74, 6) is 0.979. The Hall–Kier alpha value is -1.14. The zero-order chi connectivity index (χ0) is 15.4. The van der Waals surface area contributed by atoms with E-state index in [1.165, 1.54) is 0 Å². The molecule has 1 saturated heterocycles. The second-order valence-electron chi connectivity index (χ2n) is 6.58. The molecule has 0 amide bonds. The number of esters is 1. The fraction of sp³-hybridized carbons (Fsp3) is 0.562. The third-order valence-corrected chi connectivity index (χ3v) is 5.65. The van der Waals surface area contributed by atoms with Crippen molar-refractivity contribution in [1.29, 1.82) is 0 Å². The van der Waals surface area contributed by atoms with E-state index in [0.717, 1.165) is 29.8 Å². The zero-order valence-electron chi connectivity index (χ0n) is 12.4. The molecule has 2 heterocycles. The number of fused-ring (bicyclic) bond motifs is 2. The van der Waals surface area contributed by atoms with Crippen molar-refractivity contribution in [2.45, 2.75) is 25.7 Å². The second-order valence-corrected chi connectivity index (χ2v) is 6.80. The number of piperidine rings is 1. The molecular formula is C16H19ClN2O3. The molecule has 2 unspecified atom stereocenters. The van der Waals surface area contributed by atoms with Gasteiger partial charge in [-0.25, -0.2) is 9.63 Å². The number of rotatable bonds is 4. The number of aliphatic hydroxyl groups is 1. The van der Waals surface area contributed by atoms with Crippen LogP contribution in [-0.2, 0) is 11.3 Å². The molecule has 0 bridgehead atoms. The number of likely N-dealkylation sites (tertiary alicyclic amines) is 1. The van der Waals surface area contributed by atoms with Crippen LogP contribution in [-0.4, -0.2) is 41.7 Å². The second kappa shape index (κ2) is 5.20. The third-order valence-electron chi connectivity index (χ3n) is 5.39. The van der Waals surface area contributed by atoms with Crippen molar-refractivity contribution in [3.05, 3.63) is 34.4 Å². The van der Waals surface area contributed by atoms with Gasteiger partial charge >= 0.3 is 5.97 Å². The maximum Gasteiger partial charge on any atom is 0.338 e. The van der Waals surface area contributed by atoms with E-state index in [4.69, 9.17) is 16.5 Å². The number of benzene rings is 1. The summed E-state index contributed by atoms with van der Waals surface area (Å²) in [7, 11) is 0. The molecule has 0 spiro atoms. The van der Waals surface area contributed by atoms with Gasteiger partial charge in [-0.2, -0.15) is 0 Å². The standard InChI is InChI=1S/C16H19ClN2O3/c1-8-9(2-3-10-13(8)7-22-16(10)21)14(20)6-19-4-11-12(5-19)15(11)18-17/h2-3,11-12,14-15,18,20H,4-7H2,1H3/t11?,12?,14-,15?/m0/s1. The maximum atomic E-state index is 11.6. The summed E-state index contributed by atoms with van der Waals surface area (Å²) >= 11 is 5.68. The molecule has 1 aromatic rings. The fourth-order valence-corrected chi connectivity index (χ4v) is 4.32. The molecule has 1 aromatic carbocycles. The van der Waals surface area contributed by atoms with Crippen molar-refractivity contribution in [2.24, 2.45) is 11.8 Å². The molecular weight excluding hydrogens is 304 g/mol. The molecule has 3 aliphatic rings. The summed E-state index contributed by atoms with van der Waals surface area (Å²) in [5.41, 5.74) is 3.41. The molecule has 1 saturated carbocycles. The van der Waals surface area contributed by atoms with E-state index < -0.39 is 6.10 Å². The maximum absolute atomic E-state index is 11.6. The molecule has 3 atom stereocenters. The van der Waals surface area contributed by atoms with Crippen LogP contribution in [0.25, 0.3) is 0 Å². The van der Waals surface area contributed by atoms with Crippen LogP contribution >= 0.6 is 11.8 Å². The lowest BCUT2D eigenvalue weighted by Crippen LogP contribution is -2.32. The van der Waals surface area contributed by atoms with Crippen LogP contribution in [0, 0.1) is 18.8 Å². The number of hydrogen-bond donors (Lipinski definition) is 2. The monoisotopic (exact) mass is 322 g/mol. The van der Waals surface area contributed by atoms with Crippen molar-refractivity contribution in [3.63, 3.8) is 0 Å². The predicted octanol–water partition coefficient (Wildman–Crippen LogP) is 1.37. The first kappa shape index (κ1) is 14.5. The van der Waals surface area contributed by atoms with Gasteiger partial charge in [0.1, 0.15) is 6.61 Å².